The average Bonchev–Trinajstić information content (AvgIpc) is 2.43. The number of ether oxygens (including phenoxy) is 1. The van der Waals surface area contributed by atoms with E-state index in [1.807, 2.05) is 13.8 Å². The molecule has 0 radical (unpaired) electrons. The van der Waals surface area contributed by atoms with Crippen LogP contribution in [0.3, 0.4) is 0 Å². The summed E-state index contributed by atoms with van der Waals surface area (Å²) >= 11 is 0. The van der Waals surface area contributed by atoms with Crippen LogP contribution in [0.5, 0.6) is 5.75 Å². The minimum absolute atomic E-state index is 0.142. The first kappa shape index (κ1) is 18.0. The van der Waals surface area contributed by atoms with Gasteiger partial charge in [-0.15, -0.1) is 0 Å². The summed E-state index contributed by atoms with van der Waals surface area (Å²) in [4.78, 5) is 22.7. The first-order valence-corrected chi connectivity index (χ1v) is 6.74. The molecule has 0 aliphatic rings. The van der Waals surface area contributed by atoms with Crippen LogP contribution in [0.15, 0.2) is 24.3 Å². The molecule has 5 nitrogen and oxygen atoms in total. The summed E-state index contributed by atoms with van der Waals surface area (Å²) in [5, 5.41) is 11.7. The van der Waals surface area contributed by atoms with Gasteiger partial charge in [-0.3, -0.25) is 4.79 Å². The molecular weight excluding hydrogens is 258 g/mol. The van der Waals surface area contributed by atoms with Crippen molar-refractivity contribution in [3.8, 4) is 5.75 Å². The SMILES string of the molecule is CC.CCOC(=O)NC(Cc1ccc(O)cc1)C(C)=O. The number of carbonyl (C=O) groups is 2. The lowest BCUT2D eigenvalue weighted by Gasteiger charge is -2.15. The van der Waals surface area contributed by atoms with Gasteiger partial charge in [0.15, 0.2) is 5.78 Å². The number of alkyl carbamates (subject to hydrolysis) is 1. The van der Waals surface area contributed by atoms with Gasteiger partial charge in [-0.2, -0.15) is 0 Å². The first-order chi connectivity index (χ1) is 9.52. The number of aromatic hydroxyl groups is 1. The third-order valence-corrected chi connectivity index (χ3v) is 2.43. The fraction of sp³-hybridized carbons (Fsp3) is 0.467. The van der Waals surface area contributed by atoms with Gasteiger partial charge in [-0.05, 0) is 38.0 Å². The molecule has 0 aliphatic carbocycles. The largest absolute Gasteiger partial charge is 0.508 e. The third kappa shape index (κ3) is 6.78. The average molecular weight is 281 g/mol. The molecule has 1 atom stereocenters. The van der Waals surface area contributed by atoms with E-state index in [2.05, 4.69) is 5.32 Å². The van der Waals surface area contributed by atoms with E-state index in [-0.39, 0.29) is 18.1 Å². The van der Waals surface area contributed by atoms with E-state index >= 15 is 0 Å². The lowest BCUT2D eigenvalue weighted by atomic mass is 10.0. The summed E-state index contributed by atoms with van der Waals surface area (Å²) in [6, 6.07) is 5.87. The number of rotatable bonds is 5. The Hall–Kier alpha value is -2.04. The van der Waals surface area contributed by atoms with Crippen molar-refractivity contribution >= 4 is 11.9 Å². The highest BCUT2D eigenvalue weighted by Crippen LogP contribution is 2.11. The molecule has 1 rings (SSSR count). The maximum absolute atomic E-state index is 11.4. The van der Waals surface area contributed by atoms with Crippen molar-refractivity contribution in [3.63, 3.8) is 0 Å². The zero-order valence-corrected chi connectivity index (χ0v) is 12.5. The number of hydrogen-bond donors (Lipinski definition) is 2. The molecule has 5 heteroatoms. The Morgan fingerprint density at radius 2 is 1.80 bits per heavy atom. The molecule has 1 aromatic carbocycles. The van der Waals surface area contributed by atoms with Crippen LogP contribution < -0.4 is 5.32 Å². The predicted molar refractivity (Wildman–Crippen MR) is 77.8 cm³/mol. The topological polar surface area (TPSA) is 75.6 Å². The molecule has 0 spiro atoms. The smallest absolute Gasteiger partial charge is 0.407 e. The van der Waals surface area contributed by atoms with Crippen molar-refractivity contribution in [1.29, 1.82) is 0 Å². The highest BCUT2D eigenvalue weighted by Gasteiger charge is 2.18. The number of amides is 1. The standard InChI is InChI=1S/C13H17NO4.C2H6/c1-3-18-13(17)14-12(9(2)15)8-10-4-6-11(16)7-5-10;1-2/h4-7,12,16H,3,8H2,1-2H3,(H,14,17);1-2H3. The molecule has 0 fully saturated rings. The van der Waals surface area contributed by atoms with Gasteiger partial charge in [0.1, 0.15) is 5.75 Å². The van der Waals surface area contributed by atoms with E-state index < -0.39 is 12.1 Å². The van der Waals surface area contributed by atoms with Crippen molar-refractivity contribution in [2.75, 3.05) is 6.61 Å². The minimum atomic E-state index is -0.617. The number of nitrogens with one attached hydrogen (secondary N) is 1. The quantitative estimate of drug-likeness (QED) is 0.870. The van der Waals surface area contributed by atoms with Gasteiger partial charge in [-0.1, -0.05) is 26.0 Å². The summed E-state index contributed by atoms with van der Waals surface area (Å²) in [5.41, 5.74) is 0.852. The number of carbonyl (C=O) groups excluding carboxylic acids is 2. The Kier molecular flexibility index (Phi) is 8.83. The van der Waals surface area contributed by atoms with E-state index in [0.717, 1.165) is 5.56 Å². The van der Waals surface area contributed by atoms with Crippen molar-refractivity contribution in [1.82, 2.24) is 5.32 Å². The summed E-state index contributed by atoms with van der Waals surface area (Å²) in [5.74, 6) is 0.0209. The number of Topliss-reactive ketones (excluding diaryl/α,β-unsaturated/α-hetero) is 1. The monoisotopic (exact) mass is 281 g/mol. The van der Waals surface area contributed by atoms with Gasteiger partial charge in [0.2, 0.25) is 0 Å². The van der Waals surface area contributed by atoms with Gasteiger partial charge in [0.25, 0.3) is 0 Å². The molecule has 2 N–H and O–H groups in total. The molecule has 0 aliphatic heterocycles. The second-order valence-corrected chi connectivity index (χ2v) is 3.90. The number of benzene rings is 1. The van der Waals surface area contributed by atoms with Gasteiger partial charge >= 0.3 is 6.09 Å². The summed E-state index contributed by atoms with van der Waals surface area (Å²) in [6.07, 6.45) is -0.231. The molecule has 0 aromatic heterocycles. The molecule has 1 amide bonds. The first-order valence-electron chi connectivity index (χ1n) is 6.74. The van der Waals surface area contributed by atoms with Crippen LogP contribution in [0.2, 0.25) is 0 Å². The maximum atomic E-state index is 11.4. The Balaban J connectivity index is 0.00000172. The highest BCUT2D eigenvalue weighted by atomic mass is 16.5. The molecule has 112 valence electrons. The molecule has 0 bridgehead atoms. The normalized spacial score (nSPS) is 10.8. The molecule has 1 aromatic rings. The number of ketones is 1. The Morgan fingerprint density at radius 1 is 1.25 bits per heavy atom. The molecule has 0 saturated heterocycles. The van der Waals surface area contributed by atoms with E-state index in [9.17, 15) is 9.59 Å². The van der Waals surface area contributed by atoms with Crippen molar-refractivity contribution < 1.29 is 19.4 Å². The zero-order chi connectivity index (χ0) is 15.5. The van der Waals surface area contributed by atoms with Gasteiger partial charge in [-0.25, -0.2) is 4.79 Å². The summed E-state index contributed by atoms with van der Waals surface area (Å²) < 4.78 is 4.74. The zero-order valence-electron chi connectivity index (χ0n) is 12.5. The van der Waals surface area contributed by atoms with Gasteiger partial charge < -0.3 is 15.2 Å². The third-order valence-electron chi connectivity index (χ3n) is 2.43. The molecule has 20 heavy (non-hydrogen) atoms. The molecular formula is C15H23NO4. The predicted octanol–water partition coefficient (Wildman–Crippen LogP) is 2.66. The van der Waals surface area contributed by atoms with E-state index in [1.54, 1.807) is 19.1 Å². The van der Waals surface area contributed by atoms with Crippen LogP contribution >= 0.6 is 0 Å². The Labute approximate surface area is 120 Å². The lowest BCUT2D eigenvalue weighted by molar-refractivity contribution is -0.118. The summed E-state index contributed by atoms with van der Waals surface area (Å²) in [6.45, 7) is 7.37. The van der Waals surface area contributed by atoms with E-state index in [0.29, 0.717) is 6.42 Å². The number of hydrogen-bond acceptors (Lipinski definition) is 4. The number of phenolic OH excluding ortho intramolecular Hbond substituents is 1. The maximum Gasteiger partial charge on any atom is 0.407 e. The van der Waals surface area contributed by atoms with Crippen LogP contribution in [0.4, 0.5) is 4.79 Å². The minimum Gasteiger partial charge on any atom is -0.508 e. The fourth-order valence-corrected chi connectivity index (χ4v) is 1.48. The van der Waals surface area contributed by atoms with Crippen LogP contribution in [0.25, 0.3) is 0 Å². The second-order valence-electron chi connectivity index (χ2n) is 3.90. The van der Waals surface area contributed by atoms with Crippen molar-refractivity contribution in [2.24, 2.45) is 0 Å². The van der Waals surface area contributed by atoms with Crippen LogP contribution in [-0.4, -0.2) is 29.6 Å². The fourth-order valence-electron chi connectivity index (χ4n) is 1.48. The van der Waals surface area contributed by atoms with Crippen molar-refractivity contribution in [3.05, 3.63) is 29.8 Å². The summed E-state index contributed by atoms with van der Waals surface area (Å²) in [7, 11) is 0. The van der Waals surface area contributed by atoms with E-state index in [1.165, 1.54) is 19.1 Å². The second kappa shape index (κ2) is 9.83. The van der Waals surface area contributed by atoms with E-state index in [4.69, 9.17) is 9.84 Å². The molecule has 0 saturated carbocycles. The van der Waals surface area contributed by atoms with Gasteiger partial charge in [0, 0.05) is 0 Å². The van der Waals surface area contributed by atoms with Crippen LogP contribution in [0, 0.1) is 0 Å². The molecule has 0 heterocycles. The van der Waals surface area contributed by atoms with Gasteiger partial charge in [0.05, 0.1) is 12.6 Å². The van der Waals surface area contributed by atoms with Crippen molar-refractivity contribution in [2.45, 2.75) is 40.2 Å². The Morgan fingerprint density at radius 3 is 2.25 bits per heavy atom. The highest BCUT2D eigenvalue weighted by molar-refractivity contribution is 5.85. The Bertz CT molecular complexity index is 414. The van der Waals surface area contributed by atoms with Crippen LogP contribution in [0.1, 0.15) is 33.3 Å². The van der Waals surface area contributed by atoms with Crippen LogP contribution in [-0.2, 0) is 16.0 Å². The lowest BCUT2D eigenvalue weighted by Crippen LogP contribution is -2.41. The molecule has 1 unspecified atom stereocenters. The number of phenols is 1.